The molecule has 0 unspecified atom stereocenters. The van der Waals surface area contributed by atoms with Crippen LogP contribution in [0.3, 0.4) is 0 Å². The maximum atomic E-state index is 13.2. The minimum atomic E-state index is -0.319. The van der Waals surface area contributed by atoms with E-state index in [1.54, 1.807) is 18.2 Å². The van der Waals surface area contributed by atoms with Gasteiger partial charge >= 0.3 is 0 Å². The lowest BCUT2D eigenvalue weighted by atomic mass is 10.1. The van der Waals surface area contributed by atoms with Gasteiger partial charge in [-0.05, 0) is 39.7 Å². The van der Waals surface area contributed by atoms with Gasteiger partial charge in [0, 0.05) is 16.6 Å². The van der Waals surface area contributed by atoms with Crippen molar-refractivity contribution in [2.75, 3.05) is 5.32 Å². The molecular formula is C14H13BrFN3O. The summed E-state index contributed by atoms with van der Waals surface area (Å²) in [5.41, 5.74) is 7.74. The molecule has 0 amide bonds. The summed E-state index contributed by atoms with van der Waals surface area (Å²) >= 11 is 3.35. The molecule has 0 atom stereocenters. The maximum absolute atomic E-state index is 13.2. The second kappa shape index (κ2) is 6.38. The van der Waals surface area contributed by atoms with Gasteiger partial charge in [-0.3, -0.25) is 0 Å². The van der Waals surface area contributed by atoms with Crippen LogP contribution < -0.4 is 11.1 Å². The molecule has 6 heteroatoms. The molecule has 2 aromatic rings. The van der Waals surface area contributed by atoms with Crippen molar-refractivity contribution in [1.29, 1.82) is 0 Å². The van der Waals surface area contributed by atoms with Crippen LogP contribution in [-0.2, 0) is 6.54 Å². The number of anilines is 1. The molecule has 0 bridgehead atoms. The average Bonchev–Trinajstić information content (AvgIpc) is 2.47. The smallest absolute Gasteiger partial charge is 0.170 e. The van der Waals surface area contributed by atoms with Crippen molar-refractivity contribution in [2.45, 2.75) is 6.54 Å². The first kappa shape index (κ1) is 14.3. The van der Waals surface area contributed by atoms with E-state index in [1.165, 1.54) is 12.1 Å². The first-order valence-corrected chi connectivity index (χ1v) is 6.66. The first-order valence-electron chi connectivity index (χ1n) is 5.86. The van der Waals surface area contributed by atoms with E-state index in [2.05, 4.69) is 26.4 Å². The summed E-state index contributed by atoms with van der Waals surface area (Å²) in [5.74, 6) is -0.277. The number of hydrogen-bond acceptors (Lipinski definition) is 3. The summed E-state index contributed by atoms with van der Waals surface area (Å²) in [7, 11) is 0. The highest BCUT2D eigenvalue weighted by molar-refractivity contribution is 9.10. The highest BCUT2D eigenvalue weighted by atomic mass is 79.9. The highest BCUT2D eigenvalue weighted by Gasteiger charge is 2.07. The van der Waals surface area contributed by atoms with E-state index in [9.17, 15) is 4.39 Å². The predicted octanol–water partition coefficient (Wildman–Crippen LogP) is 3.29. The number of nitrogens with zero attached hydrogens (tertiary/aromatic N) is 1. The summed E-state index contributed by atoms with van der Waals surface area (Å²) in [6.07, 6.45) is 0. The zero-order valence-electron chi connectivity index (χ0n) is 10.5. The number of oxime groups is 1. The third kappa shape index (κ3) is 3.27. The molecule has 4 N–H and O–H groups in total. The molecule has 0 spiro atoms. The normalized spacial score (nSPS) is 11.4. The zero-order chi connectivity index (χ0) is 14.5. The fourth-order valence-electron chi connectivity index (χ4n) is 1.80. The van der Waals surface area contributed by atoms with Gasteiger partial charge < -0.3 is 16.3 Å². The molecule has 0 aliphatic carbocycles. The van der Waals surface area contributed by atoms with Gasteiger partial charge in [0.2, 0.25) is 0 Å². The summed E-state index contributed by atoms with van der Waals surface area (Å²) < 4.78 is 14.0. The number of halogens is 2. The zero-order valence-corrected chi connectivity index (χ0v) is 12.1. The SMILES string of the molecule is N/C(=N/O)c1ccccc1CNc1cc(F)ccc1Br. The second-order valence-electron chi connectivity index (χ2n) is 4.12. The Morgan fingerprint density at radius 2 is 2.05 bits per heavy atom. The molecule has 0 saturated carbocycles. The Hall–Kier alpha value is -2.08. The lowest BCUT2D eigenvalue weighted by Gasteiger charge is -2.12. The van der Waals surface area contributed by atoms with Crippen LogP contribution in [0.2, 0.25) is 0 Å². The molecule has 0 heterocycles. The van der Waals surface area contributed by atoms with Crippen LogP contribution in [0.15, 0.2) is 52.1 Å². The standard InChI is InChI=1S/C14H13BrFN3O/c15-12-6-5-10(16)7-13(12)18-8-9-3-1-2-4-11(9)14(17)19-20/h1-7,18,20H,8H2,(H2,17,19). The van der Waals surface area contributed by atoms with Crippen molar-refractivity contribution in [3.63, 3.8) is 0 Å². The Labute approximate surface area is 124 Å². The molecule has 4 nitrogen and oxygen atoms in total. The fourth-order valence-corrected chi connectivity index (χ4v) is 2.19. The van der Waals surface area contributed by atoms with E-state index in [-0.39, 0.29) is 11.7 Å². The van der Waals surface area contributed by atoms with Gasteiger partial charge in [-0.2, -0.15) is 0 Å². The summed E-state index contributed by atoms with van der Waals surface area (Å²) in [6, 6.07) is 11.7. The Kier molecular flexibility index (Phi) is 4.57. The summed E-state index contributed by atoms with van der Waals surface area (Å²) in [5, 5.41) is 14.9. The van der Waals surface area contributed by atoms with E-state index in [0.29, 0.717) is 17.8 Å². The molecule has 20 heavy (non-hydrogen) atoms. The fraction of sp³-hybridized carbons (Fsp3) is 0.0714. The van der Waals surface area contributed by atoms with Crippen LogP contribution in [0.1, 0.15) is 11.1 Å². The molecule has 0 aliphatic rings. The van der Waals surface area contributed by atoms with Crippen LogP contribution in [-0.4, -0.2) is 11.0 Å². The van der Waals surface area contributed by atoms with Crippen molar-refractivity contribution in [3.05, 3.63) is 63.9 Å². The van der Waals surface area contributed by atoms with Gasteiger partial charge in [0.25, 0.3) is 0 Å². The van der Waals surface area contributed by atoms with Gasteiger partial charge in [-0.15, -0.1) is 0 Å². The van der Waals surface area contributed by atoms with Gasteiger partial charge in [0.05, 0.1) is 5.69 Å². The van der Waals surface area contributed by atoms with Gasteiger partial charge in [0.15, 0.2) is 5.84 Å². The van der Waals surface area contributed by atoms with Gasteiger partial charge in [0.1, 0.15) is 5.82 Å². The van der Waals surface area contributed by atoms with E-state index in [0.717, 1.165) is 10.0 Å². The molecule has 0 radical (unpaired) electrons. The second-order valence-corrected chi connectivity index (χ2v) is 4.97. The number of nitrogens with two attached hydrogens (primary N) is 1. The largest absolute Gasteiger partial charge is 0.409 e. The minimum absolute atomic E-state index is 0.0423. The lowest BCUT2D eigenvalue weighted by molar-refractivity contribution is 0.318. The molecule has 104 valence electrons. The third-order valence-corrected chi connectivity index (χ3v) is 3.49. The lowest BCUT2D eigenvalue weighted by Crippen LogP contribution is -2.16. The van der Waals surface area contributed by atoms with Crippen molar-refractivity contribution < 1.29 is 9.60 Å². The molecule has 0 saturated heterocycles. The third-order valence-electron chi connectivity index (χ3n) is 2.80. The van der Waals surface area contributed by atoms with Gasteiger partial charge in [-0.1, -0.05) is 29.4 Å². The van der Waals surface area contributed by atoms with E-state index in [1.807, 2.05) is 12.1 Å². The van der Waals surface area contributed by atoms with Crippen LogP contribution in [0.5, 0.6) is 0 Å². The number of rotatable bonds is 4. The van der Waals surface area contributed by atoms with E-state index >= 15 is 0 Å². The number of benzene rings is 2. The minimum Gasteiger partial charge on any atom is -0.409 e. The van der Waals surface area contributed by atoms with Crippen molar-refractivity contribution >= 4 is 27.5 Å². The van der Waals surface area contributed by atoms with Crippen molar-refractivity contribution in [2.24, 2.45) is 10.9 Å². The average molecular weight is 338 g/mol. The molecule has 0 aliphatic heterocycles. The first-order chi connectivity index (χ1) is 9.61. The maximum Gasteiger partial charge on any atom is 0.170 e. The Bertz CT molecular complexity index is 646. The van der Waals surface area contributed by atoms with E-state index in [4.69, 9.17) is 10.9 Å². The quantitative estimate of drug-likeness (QED) is 0.347. The number of nitrogens with one attached hydrogen (secondary N) is 1. The molecule has 2 rings (SSSR count). The van der Waals surface area contributed by atoms with Crippen molar-refractivity contribution in [3.8, 4) is 0 Å². The monoisotopic (exact) mass is 337 g/mol. The van der Waals surface area contributed by atoms with Crippen LogP contribution >= 0.6 is 15.9 Å². The summed E-state index contributed by atoms with van der Waals surface area (Å²) in [4.78, 5) is 0. The topological polar surface area (TPSA) is 70.6 Å². The Balaban J connectivity index is 2.21. The van der Waals surface area contributed by atoms with Gasteiger partial charge in [-0.25, -0.2) is 4.39 Å². The number of hydrogen-bond donors (Lipinski definition) is 3. The number of amidine groups is 1. The summed E-state index contributed by atoms with van der Waals surface area (Å²) in [6.45, 7) is 0.425. The van der Waals surface area contributed by atoms with Crippen LogP contribution in [0.25, 0.3) is 0 Å². The van der Waals surface area contributed by atoms with E-state index < -0.39 is 0 Å². The molecule has 0 fully saturated rings. The molecular weight excluding hydrogens is 325 g/mol. The predicted molar refractivity (Wildman–Crippen MR) is 80.4 cm³/mol. The highest BCUT2D eigenvalue weighted by Crippen LogP contribution is 2.24. The Morgan fingerprint density at radius 3 is 2.80 bits per heavy atom. The van der Waals surface area contributed by atoms with Crippen LogP contribution in [0.4, 0.5) is 10.1 Å². The Morgan fingerprint density at radius 1 is 1.30 bits per heavy atom. The molecule has 2 aromatic carbocycles. The van der Waals surface area contributed by atoms with Crippen molar-refractivity contribution in [1.82, 2.24) is 0 Å². The molecule has 0 aromatic heterocycles. The van der Waals surface area contributed by atoms with Crippen LogP contribution in [0, 0.1) is 5.82 Å².